The van der Waals surface area contributed by atoms with Crippen LogP contribution in [0, 0.1) is 0 Å². The molecule has 0 atom stereocenters. The zero-order chi connectivity index (χ0) is 29.3. The molecule has 3 aromatic rings. The van der Waals surface area contributed by atoms with E-state index in [4.69, 9.17) is 25.8 Å². The maximum atomic E-state index is 12.2. The Morgan fingerprint density at radius 1 is 0.780 bits per heavy atom. The minimum atomic E-state index is -0.678. The van der Waals surface area contributed by atoms with Crippen molar-refractivity contribution in [1.82, 2.24) is 10.2 Å². The summed E-state index contributed by atoms with van der Waals surface area (Å²) >= 11 is 6.30. The van der Waals surface area contributed by atoms with Crippen molar-refractivity contribution in [3.8, 4) is 11.5 Å². The Bertz CT molecular complexity index is 1200. The average molecular weight is 579 g/mol. The Balaban J connectivity index is 1.75. The van der Waals surface area contributed by atoms with Crippen molar-refractivity contribution in [3.63, 3.8) is 0 Å². The number of alkyl halides is 1. The van der Waals surface area contributed by atoms with E-state index in [1.54, 1.807) is 12.1 Å². The molecule has 0 spiro atoms. The van der Waals surface area contributed by atoms with Crippen LogP contribution in [0.15, 0.2) is 78.9 Å². The highest BCUT2D eigenvalue weighted by atomic mass is 35.5. The monoisotopic (exact) mass is 578 g/mol. The predicted molar refractivity (Wildman–Crippen MR) is 169 cm³/mol. The lowest BCUT2D eigenvalue weighted by atomic mass is 9.88. The molecule has 0 unspecified atom stereocenters. The highest BCUT2D eigenvalue weighted by molar-refractivity contribution is 6.18. The molecule has 0 fully saturated rings. The second kappa shape index (κ2) is 18.2. The Labute approximate surface area is 250 Å². The van der Waals surface area contributed by atoms with Crippen molar-refractivity contribution in [1.29, 1.82) is 0 Å². The minimum Gasteiger partial charge on any atom is -0.492 e. The normalized spacial score (nSPS) is 11.7. The van der Waals surface area contributed by atoms with Crippen LogP contribution in [0.4, 0.5) is 4.79 Å². The molecule has 0 aliphatic carbocycles. The predicted octanol–water partition coefficient (Wildman–Crippen LogP) is 7.51. The summed E-state index contributed by atoms with van der Waals surface area (Å²) in [6, 6.07) is 26.0. The lowest BCUT2D eigenvalue weighted by molar-refractivity contribution is 0.0972. The van der Waals surface area contributed by atoms with Gasteiger partial charge in [-0.2, -0.15) is 0 Å². The van der Waals surface area contributed by atoms with Gasteiger partial charge in [-0.05, 0) is 99.1 Å². The number of allylic oxidation sites excluding steroid dienone is 1. The van der Waals surface area contributed by atoms with Gasteiger partial charge in [0, 0.05) is 12.4 Å². The fourth-order valence-corrected chi connectivity index (χ4v) is 4.69. The quantitative estimate of drug-likeness (QED) is 0.0588. The van der Waals surface area contributed by atoms with E-state index in [1.807, 2.05) is 49.5 Å². The smallest absolute Gasteiger partial charge is 0.492 e. The number of carbonyl (C=O) groups excluding carboxylic acids is 1. The number of unbranched alkanes of at least 4 members (excludes halogenated alkanes) is 3. The second-order valence-electron chi connectivity index (χ2n) is 10.1. The maximum absolute atomic E-state index is 12.2. The van der Waals surface area contributed by atoms with Crippen LogP contribution >= 0.6 is 11.6 Å². The first-order valence-electron chi connectivity index (χ1n) is 14.3. The number of nitrogens with one attached hydrogen (secondary N) is 1. The molecule has 6 nitrogen and oxygen atoms in total. The molecular formula is C34H43ClN2O4. The van der Waals surface area contributed by atoms with Crippen LogP contribution in [0.25, 0.3) is 11.1 Å². The molecule has 220 valence electrons. The van der Waals surface area contributed by atoms with Crippen LogP contribution in [0.3, 0.4) is 0 Å². The second-order valence-corrected chi connectivity index (χ2v) is 10.5. The molecule has 0 saturated heterocycles. The SMILES string of the molecule is CNCCOc1ccc(C(=C(CCCl)c2ccccc2)c2ccc(OC(=O)OCCCCCCN(C)C)cc2)cc1. The number of benzene rings is 3. The van der Waals surface area contributed by atoms with Crippen molar-refractivity contribution >= 4 is 28.9 Å². The summed E-state index contributed by atoms with van der Waals surface area (Å²) in [7, 11) is 6.05. The van der Waals surface area contributed by atoms with Gasteiger partial charge < -0.3 is 24.4 Å². The fraction of sp³-hybridized carbons (Fsp3) is 0.382. The average Bonchev–Trinajstić information content (AvgIpc) is 2.98. The lowest BCUT2D eigenvalue weighted by Crippen LogP contribution is -2.15. The first-order valence-corrected chi connectivity index (χ1v) is 14.9. The van der Waals surface area contributed by atoms with Crippen LogP contribution < -0.4 is 14.8 Å². The molecular weight excluding hydrogens is 536 g/mol. The minimum absolute atomic E-state index is 0.360. The summed E-state index contributed by atoms with van der Waals surface area (Å²) in [5.74, 6) is 1.75. The van der Waals surface area contributed by atoms with Gasteiger partial charge in [0.15, 0.2) is 0 Å². The van der Waals surface area contributed by atoms with Gasteiger partial charge in [0.1, 0.15) is 18.1 Å². The number of nitrogens with zero attached hydrogens (tertiary/aromatic N) is 1. The maximum Gasteiger partial charge on any atom is 0.513 e. The number of carbonyl (C=O) groups is 1. The molecule has 0 aromatic heterocycles. The number of hydrogen-bond acceptors (Lipinski definition) is 6. The summed E-state index contributed by atoms with van der Waals surface area (Å²) in [6.45, 7) is 2.81. The first kappa shape index (κ1) is 32.2. The van der Waals surface area contributed by atoms with Crippen LogP contribution in [0.2, 0.25) is 0 Å². The van der Waals surface area contributed by atoms with Crippen molar-refractivity contribution < 1.29 is 19.0 Å². The molecule has 3 aromatic carbocycles. The number of hydrogen-bond donors (Lipinski definition) is 1. The van der Waals surface area contributed by atoms with Gasteiger partial charge in [-0.15, -0.1) is 11.6 Å². The fourth-order valence-electron chi connectivity index (χ4n) is 4.51. The van der Waals surface area contributed by atoms with Crippen molar-refractivity contribution in [2.45, 2.75) is 32.1 Å². The Kier molecular flexibility index (Phi) is 14.3. The van der Waals surface area contributed by atoms with E-state index in [1.165, 1.54) is 0 Å². The van der Waals surface area contributed by atoms with E-state index in [-0.39, 0.29) is 0 Å². The zero-order valence-corrected chi connectivity index (χ0v) is 25.3. The van der Waals surface area contributed by atoms with Gasteiger partial charge >= 0.3 is 6.16 Å². The van der Waals surface area contributed by atoms with Crippen LogP contribution in [-0.4, -0.2) is 64.4 Å². The molecule has 0 amide bonds. The molecule has 0 aliphatic rings. The van der Waals surface area contributed by atoms with Crippen molar-refractivity contribution in [3.05, 3.63) is 95.6 Å². The molecule has 3 rings (SSSR count). The largest absolute Gasteiger partial charge is 0.513 e. The van der Waals surface area contributed by atoms with Gasteiger partial charge in [0.2, 0.25) is 0 Å². The van der Waals surface area contributed by atoms with E-state index in [9.17, 15) is 4.79 Å². The molecule has 0 saturated carbocycles. The first-order chi connectivity index (χ1) is 20.0. The van der Waals surface area contributed by atoms with Crippen LogP contribution in [-0.2, 0) is 4.74 Å². The zero-order valence-electron chi connectivity index (χ0n) is 24.5. The Morgan fingerprint density at radius 2 is 1.41 bits per heavy atom. The summed E-state index contributed by atoms with van der Waals surface area (Å²) in [6.07, 6.45) is 4.14. The third-order valence-electron chi connectivity index (χ3n) is 6.60. The third kappa shape index (κ3) is 11.2. The van der Waals surface area contributed by atoms with E-state index in [0.717, 1.165) is 72.4 Å². The van der Waals surface area contributed by atoms with Gasteiger partial charge in [-0.3, -0.25) is 0 Å². The topological polar surface area (TPSA) is 60.0 Å². The van der Waals surface area contributed by atoms with E-state index >= 15 is 0 Å². The number of halogens is 1. The van der Waals surface area contributed by atoms with Gasteiger partial charge in [-0.25, -0.2) is 4.79 Å². The summed E-state index contributed by atoms with van der Waals surface area (Å²) in [5.41, 5.74) is 5.37. The molecule has 0 radical (unpaired) electrons. The van der Waals surface area contributed by atoms with E-state index in [0.29, 0.717) is 31.3 Å². The molecule has 0 bridgehead atoms. The van der Waals surface area contributed by atoms with E-state index in [2.05, 4.69) is 48.6 Å². The van der Waals surface area contributed by atoms with Crippen LogP contribution in [0.1, 0.15) is 48.8 Å². The summed E-state index contributed by atoms with van der Waals surface area (Å²) in [5, 5.41) is 3.09. The number of rotatable bonds is 17. The molecule has 0 aliphatic heterocycles. The molecule has 41 heavy (non-hydrogen) atoms. The highest BCUT2D eigenvalue weighted by Gasteiger charge is 2.15. The van der Waals surface area contributed by atoms with Crippen molar-refractivity contribution in [2.75, 3.05) is 53.3 Å². The van der Waals surface area contributed by atoms with Crippen molar-refractivity contribution in [2.24, 2.45) is 0 Å². The summed E-state index contributed by atoms with van der Waals surface area (Å²) < 4.78 is 16.6. The highest BCUT2D eigenvalue weighted by Crippen LogP contribution is 2.36. The Hall–Kier alpha value is -3.32. The number of likely N-dealkylation sites (N-methyl/N-ethyl adjacent to an activating group) is 1. The molecule has 1 N–H and O–H groups in total. The van der Waals surface area contributed by atoms with Gasteiger partial charge in [-0.1, -0.05) is 67.4 Å². The molecule has 0 heterocycles. The summed E-state index contributed by atoms with van der Waals surface area (Å²) in [4.78, 5) is 14.4. The lowest BCUT2D eigenvalue weighted by Gasteiger charge is -2.18. The van der Waals surface area contributed by atoms with Gasteiger partial charge in [0.05, 0.1) is 6.61 Å². The molecule has 7 heteroatoms. The number of ether oxygens (including phenoxy) is 3. The van der Waals surface area contributed by atoms with Crippen LogP contribution in [0.5, 0.6) is 11.5 Å². The Morgan fingerprint density at radius 3 is 2.02 bits per heavy atom. The van der Waals surface area contributed by atoms with E-state index < -0.39 is 6.16 Å². The van der Waals surface area contributed by atoms with Gasteiger partial charge in [0.25, 0.3) is 0 Å². The third-order valence-corrected chi connectivity index (χ3v) is 6.79. The standard InChI is InChI=1S/C34H43ClN2O4/c1-36-23-26-39-30-17-13-28(14-18-30)33(32(21-22-35)27-11-7-6-8-12-27)29-15-19-31(20-16-29)41-34(38)40-25-10-5-4-9-24-37(2)3/h6-8,11-20,36H,4-5,9-10,21-26H2,1-3H3.